The fraction of sp³-hybridized carbons (Fsp3) is 1.00. The normalized spacial score (nSPS) is 8.31. The van der Waals surface area contributed by atoms with Crippen LogP contribution < -0.4 is 5.73 Å². The molecule has 0 rings (SSSR count). The molecule has 2 N–H and O–H groups in total. The smallest absolute Gasteiger partial charge is 0.00773 e. The maximum atomic E-state index is 5.21. The van der Waals surface area contributed by atoms with Crippen molar-refractivity contribution in [2.75, 3.05) is 6.54 Å². The molecule has 1 nitrogen and oxygen atoms in total. The highest BCUT2D eigenvalue weighted by Gasteiger charge is 1.80. The average molecular weight is 189 g/mol. The van der Waals surface area contributed by atoms with Crippen LogP contribution in [0, 0.1) is 5.92 Å². The van der Waals surface area contributed by atoms with E-state index in [0.29, 0.717) is 0 Å². The van der Waals surface area contributed by atoms with Crippen molar-refractivity contribution in [3.63, 3.8) is 0 Å². The van der Waals surface area contributed by atoms with E-state index in [-0.39, 0.29) is 0 Å². The Morgan fingerprint density at radius 2 is 1.38 bits per heavy atom. The SMILES string of the molecule is CC.CCC(C)C.CCCCCN. The van der Waals surface area contributed by atoms with Crippen molar-refractivity contribution in [2.45, 2.75) is 67.2 Å². The molecule has 0 aliphatic carbocycles. The predicted octanol–water partition coefficient (Wildman–Crippen LogP) is 4.21. The molecule has 13 heavy (non-hydrogen) atoms. The lowest BCUT2D eigenvalue weighted by molar-refractivity contribution is 0.626. The first kappa shape index (κ1) is 18.7. The molecule has 0 aromatic heterocycles. The van der Waals surface area contributed by atoms with Gasteiger partial charge in [-0.3, -0.25) is 0 Å². The lowest BCUT2D eigenvalue weighted by Crippen LogP contribution is -1.96. The number of nitrogens with two attached hydrogens (primary N) is 1. The van der Waals surface area contributed by atoms with E-state index in [9.17, 15) is 0 Å². The summed E-state index contributed by atoms with van der Waals surface area (Å²) >= 11 is 0. The van der Waals surface area contributed by atoms with Gasteiger partial charge >= 0.3 is 0 Å². The van der Waals surface area contributed by atoms with Crippen LogP contribution in [0.1, 0.15) is 67.2 Å². The summed E-state index contributed by atoms with van der Waals surface area (Å²) in [5.74, 6) is 0.884. The van der Waals surface area contributed by atoms with Gasteiger partial charge in [0.05, 0.1) is 0 Å². The molecule has 0 aromatic rings. The van der Waals surface area contributed by atoms with Crippen LogP contribution in [0.4, 0.5) is 0 Å². The fourth-order valence-electron chi connectivity index (χ4n) is 0.394. The Hall–Kier alpha value is -0.0400. The summed E-state index contributed by atoms with van der Waals surface area (Å²) < 4.78 is 0. The van der Waals surface area contributed by atoms with Crippen molar-refractivity contribution in [1.29, 1.82) is 0 Å². The maximum absolute atomic E-state index is 5.21. The molecule has 0 aromatic carbocycles. The first-order valence-corrected chi connectivity index (χ1v) is 5.89. The van der Waals surface area contributed by atoms with E-state index in [1.54, 1.807) is 0 Å². The Bertz CT molecular complexity index is 47.1. The highest BCUT2D eigenvalue weighted by molar-refractivity contribution is 4.35. The van der Waals surface area contributed by atoms with Crippen LogP contribution in [-0.2, 0) is 0 Å². The van der Waals surface area contributed by atoms with Crippen molar-refractivity contribution < 1.29 is 0 Å². The van der Waals surface area contributed by atoms with Crippen molar-refractivity contribution in [3.8, 4) is 0 Å². The standard InChI is InChI=1S/C5H13N.C5H12.C2H6/c1-2-3-4-5-6;1-4-5(2)3;1-2/h2-6H2,1H3;5H,4H2,1-3H3;1-2H3. The first-order chi connectivity index (χ1) is 6.18. The van der Waals surface area contributed by atoms with Crippen LogP contribution in [0.25, 0.3) is 0 Å². The molecule has 0 spiro atoms. The largest absolute Gasteiger partial charge is 0.330 e. The molecule has 0 bridgehead atoms. The van der Waals surface area contributed by atoms with Gasteiger partial charge in [0.25, 0.3) is 0 Å². The van der Waals surface area contributed by atoms with Crippen LogP contribution in [0.3, 0.4) is 0 Å². The molecule has 84 valence electrons. The molecule has 0 saturated carbocycles. The summed E-state index contributed by atoms with van der Waals surface area (Å²) in [6, 6.07) is 0. The van der Waals surface area contributed by atoms with E-state index >= 15 is 0 Å². The van der Waals surface area contributed by atoms with E-state index in [2.05, 4.69) is 27.7 Å². The summed E-state index contributed by atoms with van der Waals surface area (Å²) in [7, 11) is 0. The van der Waals surface area contributed by atoms with Gasteiger partial charge in [-0.15, -0.1) is 0 Å². The second-order valence-electron chi connectivity index (χ2n) is 3.30. The Morgan fingerprint density at radius 3 is 1.46 bits per heavy atom. The maximum Gasteiger partial charge on any atom is -0.00773 e. The average Bonchev–Trinajstić information content (AvgIpc) is 2.18. The molecule has 0 amide bonds. The predicted molar refractivity (Wildman–Crippen MR) is 65.1 cm³/mol. The van der Waals surface area contributed by atoms with Gasteiger partial charge in [-0.2, -0.15) is 0 Å². The summed E-state index contributed by atoms with van der Waals surface area (Å²) in [6.07, 6.45) is 5.06. The summed E-state index contributed by atoms with van der Waals surface area (Å²) in [6.45, 7) is 13.7. The van der Waals surface area contributed by atoms with Gasteiger partial charge in [0.2, 0.25) is 0 Å². The first-order valence-electron chi connectivity index (χ1n) is 5.89. The van der Waals surface area contributed by atoms with Crippen LogP contribution in [-0.4, -0.2) is 6.54 Å². The monoisotopic (exact) mass is 189 g/mol. The number of rotatable bonds is 4. The molecule has 0 heterocycles. The van der Waals surface area contributed by atoms with Gasteiger partial charge in [-0.25, -0.2) is 0 Å². The third kappa shape index (κ3) is 48.2. The number of hydrogen-bond donors (Lipinski definition) is 1. The van der Waals surface area contributed by atoms with E-state index in [0.717, 1.165) is 12.5 Å². The number of hydrogen-bond acceptors (Lipinski definition) is 1. The fourth-order valence-corrected chi connectivity index (χ4v) is 0.394. The van der Waals surface area contributed by atoms with Crippen LogP contribution in [0.5, 0.6) is 0 Å². The van der Waals surface area contributed by atoms with Gasteiger partial charge in [-0.05, 0) is 18.9 Å². The van der Waals surface area contributed by atoms with Crippen LogP contribution in [0.15, 0.2) is 0 Å². The minimum Gasteiger partial charge on any atom is -0.330 e. The van der Waals surface area contributed by atoms with Crippen molar-refractivity contribution in [2.24, 2.45) is 11.7 Å². The zero-order valence-electron chi connectivity index (χ0n) is 10.7. The topological polar surface area (TPSA) is 26.0 Å². The third-order valence-electron chi connectivity index (χ3n) is 1.62. The minimum absolute atomic E-state index is 0.855. The highest BCUT2D eigenvalue weighted by Crippen LogP contribution is 1.93. The van der Waals surface area contributed by atoms with Gasteiger partial charge in [0.15, 0.2) is 0 Å². The molecule has 0 radical (unpaired) electrons. The van der Waals surface area contributed by atoms with E-state index in [1.165, 1.54) is 25.7 Å². The van der Waals surface area contributed by atoms with Crippen molar-refractivity contribution in [1.82, 2.24) is 0 Å². The molecular weight excluding hydrogens is 158 g/mol. The second-order valence-corrected chi connectivity index (χ2v) is 3.30. The summed E-state index contributed by atoms with van der Waals surface area (Å²) in [4.78, 5) is 0. The zero-order chi connectivity index (χ0) is 11.1. The van der Waals surface area contributed by atoms with Gasteiger partial charge in [-0.1, -0.05) is 60.8 Å². The van der Waals surface area contributed by atoms with Crippen molar-refractivity contribution >= 4 is 0 Å². The molecule has 0 fully saturated rings. The highest BCUT2D eigenvalue weighted by atomic mass is 14.5. The Morgan fingerprint density at radius 1 is 1.00 bits per heavy atom. The molecular formula is C12H31N. The van der Waals surface area contributed by atoms with Crippen LogP contribution >= 0.6 is 0 Å². The summed E-state index contributed by atoms with van der Waals surface area (Å²) in [5.41, 5.74) is 5.21. The molecule has 0 aliphatic rings. The molecule has 0 aliphatic heterocycles. The Kier molecular flexibility index (Phi) is 32.6. The molecule has 0 unspecified atom stereocenters. The quantitative estimate of drug-likeness (QED) is 0.659. The Labute approximate surface area is 86.1 Å². The van der Waals surface area contributed by atoms with Crippen molar-refractivity contribution in [3.05, 3.63) is 0 Å². The lowest BCUT2D eigenvalue weighted by Gasteiger charge is -1.90. The lowest BCUT2D eigenvalue weighted by atomic mass is 10.2. The molecule has 1 heteroatoms. The van der Waals surface area contributed by atoms with E-state index in [1.807, 2.05) is 13.8 Å². The molecule has 0 atom stereocenters. The van der Waals surface area contributed by atoms with E-state index in [4.69, 9.17) is 5.73 Å². The van der Waals surface area contributed by atoms with Crippen LogP contribution in [0.2, 0.25) is 0 Å². The second kappa shape index (κ2) is 22.7. The molecule has 0 saturated heterocycles. The van der Waals surface area contributed by atoms with Gasteiger partial charge in [0, 0.05) is 0 Å². The third-order valence-corrected chi connectivity index (χ3v) is 1.62. The Balaban J connectivity index is -0.000000131. The van der Waals surface area contributed by atoms with Gasteiger partial charge in [0.1, 0.15) is 0 Å². The number of unbranched alkanes of at least 4 members (excludes halogenated alkanes) is 2. The zero-order valence-corrected chi connectivity index (χ0v) is 10.7. The van der Waals surface area contributed by atoms with Gasteiger partial charge < -0.3 is 5.73 Å². The summed E-state index contributed by atoms with van der Waals surface area (Å²) in [5, 5.41) is 0. The minimum atomic E-state index is 0.855. The van der Waals surface area contributed by atoms with E-state index < -0.39 is 0 Å².